The van der Waals surface area contributed by atoms with Crippen LogP contribution in [-0.2, 0) is 0 Å². The lowest BCUT2D eigenvalue weighted by molar-refractivity contribution is 1.52. The lowest BCUT2D eigenvalue weighted by atomic mass is 10.4. The number of halogens is 3. The summed E-state index contributed by atoms with van der Waals surface area (Å²) in [5.41, 5.74) is 0. The molecular formula is C6HBr3. The average Bonchev–Trinajstić information content (AvgIpc) is 1.80. The molecule has 0 unspecified atom stereocenters. The summed E-state index contributed by atoms with van der Waals surface area (Å²) in [7, 11) is 0. The van der Waals surface area contributed by atoms with Crippen LogP contribution in [-0.4, -0.2) is 0 Å². The Morgan fingerprint density at radius 2 is 1.78 bits per heavy atom. The second-order valence-corrected chi connectivity index (χ2v) is 3.83. The van der Waals surface area contributed by atoms with Crippen LogP contribution in [0.3, 0.4) is 0 Å². The van der Waals surface area contributed by atoms with E-state index in [4.69, 9.17) is 0 Å². The zero-order valence-corrected chi connectivity index (χ0v) is 8.97. The third kappa shape index (κ3) is 2.06. The molecule has 0 aliphatic rings. The van der Waals surface area contributed by atoms with Gasteiger partial charge in [0.15, 0.2) is 0 Å². The normalized spacial score (nSPS) is 9.67. The van der Waals surface area contributed by atoms with Crippen molar-refractivity contribution in [2.45, 2.75) is 0 Å². The summed E-state index contributed by atoms with van der Waals surface area (Å²) in [4.78, 5) is 0. The Kier molecular flexibility index (Phi) is 2.73. The van der Waals surface area contributed by atoms with E-state index in [0.717, 1.165) is 13.4 Å². The van der Waals surface area contributed by atoms with Crippen molar-refractivity contribution in [2.75, 3.05) is 0 Å². The maximum Gasteiger partial charge on any atom is 0.0414 e. The molecule has 0 aromatic heterocycles. The molecule has 0 saturated carbocycles. The first-order chi connectivity index (χ1) is 4.20. The first kappa shape index (κ1) is 7.76. The van der Waals surface area contributed by atoms with E-state index in [2.05, 4.69) is 59.9 Å². The summed E-state index contributed by atoms with van der Waals surface area (Å²) in [5, 5.41) is 0. The zero-order valence-electron chi connectivity index (χ0n) is 4.21. The molecule has 2 radical (unpaired) electrons. The second-order valence-electron chi connectivity index (χ2n) is 1.39. The fourth-order valence-corrected chi connectivity index (χ4v) is 1.51. The molecule has 0 fully saturated rings. The first-order valence-corrected chi connectivity index (χ1v) is 4.52. The molecule has 9 heavy (non-hydrogen) atoms. The fourth-order valence-electron chi connectivity index (χ4n) is 0.386. The highest BCUT2D eigenvalue weighted by Gasteiger charge is 1.95. The highest BCUT2D eigenvalue weighted by Crippen LogP contribution is 2.24. The predicted octanol–water partition coefficient (Wildman–Crippen LogP) is 3.57. The Balaban J connectivity index is 3.17. The van der Waals surface area contributed by atoms with Gasteiger partial charge in [-0.3, -0.25) is 0 Å². The Morgan fingerprint density at radius 3 is 2.22 bits per heavy atom. The molecule has 0 atom stereocenters. The van der Waals surface area contributed by atoms with Crippen LogP contribution < -0.4 is 0 Å². The molecule has 0 bridgehead atoms. The molecule has 3 heteroatoms. The SMILES string of the molecule is Brc1[c]c(Br)c(Br)[c]c1. The van der Waals surface area contributed by atoms with Gasteiger partial charge in [0.2, 0.25) is 0 Å². The third-order valence-electron chi connectivity index (χ3n) is 0.747. The van der Waals surface area contributed by atoms with E-state index in [0.29, 0.717) is 0 Å². The van der Waals surface area contributed by atoms with Crippen LogP contribution in [0.1, 0.15) is 0 Å². The van der Waals surface area contributed by atoms with Crippen LogP contribution >= 0.6 is 47.8 Å². The molecule has 1 aromatic carbocycles. The zero-order chi connectivity index (χ0) is 6.85. The third-order valence-corrected chi connectivity index (χ3v) is 2.93. The molecule has 1 rings (SSSR count). The molecule has 46 valence electrons. The van der Waals surface area contributed by atoms with E-state index in [1.165, 1.54) is 0 Å². The Morgan fingerprint density at radius 1 is 1.11 bits per heavy atom. The van der Waals surface area contributed by atoms with Crippen molar-refractivity contribution < 1.29 is 0 Å². The number of rotatable bonds is 0. The Bertz CT molecular complexity index is 220. The van der Waals surface area contributed by atoms with Gasteiger partial charge in [-0.1, -0.05) is 15.9 Å². The predicted molar refractivity (Wildman–Crippen MR) is 47.2 cm³/mol. The van der Waals surface area contributed by atoms with Crippen LogP contribution in [0.25, 0.3) is 0 Å². The van der Waals surface area contributed by atoms with Gasteiger partial charge in [0.25, 0.3) is 0 Å². The molecule has 0 saturated heterocycles. The van der Waals surface area contributed by atoms with Crippen LogP contribution in [0.2, 0.25) is 0 Å². The minimum atomic E-state index is 0.886. The smallest absolute Gasteiger partial charge is 0.0414 e. The van der Waals surface area contributed by atoms with E-state index in [9.17, 15) is 0 Å². The van der Waals surface area contributed by atoms with Crippen molar-refractivity contribution in [1.82, 2.24) is 0 Å². The van der Waals surface area contributed by atoms with Crippen molar-refractivity contribution >= 4 is 47.8 Å². The first-order valence-electron chi connectivity index (χ1n) is 2.14. The van der Waals surface area contributed by atoms with Gasteiger partial charge in [-0.05, 0) is 44.0 Å². The highest BCUT2D eigenvalue weighted by atomic mass is 79.9. The minimum Gasteiger partial charge on any atom is -0.0501 e. The average molecular weight is 313 g/mol. The molecule has 0 spiro atoms. The van der Waals surface area contributed by atoms with Crippen LogP contribution in [0.5, 0.6) is 0 Å². The molecule has 0 heterocycles. The number of hydrogen-bond donors (Lipinski definition) is 0. The van der Waals surface area contributed by atoms with E-state index < -0.39 is 0 Å². The molecule has 0 amide bonds. The number of hydrogen-bond acceptors (Lipinski definition) is 0. The minimum absolute atomic E-state index is 0.886. The molecule has 0 nitrogen and oxygen atoms in total. The van der Waals surface area contributed by atoms with Crippen molar-refractivity contribution in [3.63, 3.8) is 0 Å². The van der Waals surface area contributed by atoms with Crippen molar-refractivity contribution in [2.24, 2.45) is 0 Å². The topological polar surface area (TPSA) is 0 Å². The standard InChI is InChI=1S/C6HBr3/c7-4-1-2-5(8)6(9)3-4/h1H. The van der Waals surface area contributed by atoms with Crippen molar-refractivity contribution in [3.05, 3.63) is 31.6 Å². The van der Waals surface area contributed by atoms with E-state index in [-0.39, 0.29) is 0 Å². The van der Waals surface area contributed by atoms with Crippen molar-refractivity contribution in [3.8, 4) is 0 Å². The summed E-state index contributed by atoms with van der Waals surface area (Å²) in [5.74, 6) is 0. The van der Waals surface area contributed by atoms with Gasteiger partial charge in [0.05, 0.1) is 0 Å². The maximum atomic E-state index is 3.28. The summed E-state index contributed by atoms with van der Waals surface area (Å²) in [6.07, 6.45) is 0. The lowest BCUT2D eigenvalue weighted by Crippen LogP contribution is -1.69. The summed E-state index contributed by atoms with van der Waals surface area (Å²) in [6, 6.07) is 7.75. The molecule has 0 aliphatic heterocycles. The summed E-state index contributed by atoms with van der Waals surface area (Å²) >= 11 is 9.82. The van der Waals surface area contributed by atoms with Gasteiger partial charge in [-0.15, -0.1) is 0 Å². The van der Waals surface area contributed by atoms with Crippen LogP contribution in [0.15, 0.2) is 19.5 Å². The molecule has 0 aliphatic carbocycles. The number of benzene rings is 1. The lowest BCUT2D eigenvalue weighted by Gasteiger charge is -1.92. The molecular weight excluding hydrogens is 312 g/mol. The van der Waals surface area contributed by atoms with E-state index >= 15 is 0 Å². The maximum absolute atomic E-state index is 3.28. The van der Waals surface area contributed by atoms with Gasteiger partial charge < -0.3 is 0 Å². The Hall–Kier alpha value is 0.660. The quantitative estimate of drug-likeness (QED) is 0.642. The van der Waals surface area contributed by atoms with E-state index in [1.807, 2.05) is 0 Å². The fraction of sp³-hybridized carbons (Fsp3) is 0. The van der Waals surface area contributed by atoms with Gasteiger partial charge in [-0.25, -0.2) is 0 Å². The summed E-state index contributed by atoms with van der Waals surface area (Å²) in [6.45, 7) is 0. The second kappa shape index (κ2) is 3.17. The largest absolute Gasteiger partial charge is 0.0501 e. The van der Waals surface area contributed by atoms with Gasteiger partial charge in [-0.2, -0.15) is 0 Å². The highest BCUT2D eigenvalue weighted by molar-refractivity contribution is 9.13. The van der Waals surface area contributed by atoms with E-state index in [1.54, 1.807) is 6.07 Å². The van der Waals surface area contributed by atoms with Crippen molar-refractivity contribution in [1.29, 1.82) is 0 Å². The van der Waals surface area contributed by atoms with Gasteiger partial charge >= 0.3 is 0 Å². The Labute approximate surface area is 79.0 Å². The summed E-state index contributed by atoms with van der Waals surface area (Å²) < 4.78 is 2.68. The monoisotopic (exact) mass is 310 g/mol. The van der Waals surface area contributed by atoms with Crippen LogP contribution in [0, 0.1) is 12.1 Å². The van der Waals surface area contributed by atoms with Gasteiger partial charge in [0, 0.05) is 19.5 Å². The molecule has 0 N–H and O–H groups in total. The molecule has 1 aromatic rings. The van der Waals surface area contributed by atoms with Crippen LogP contribution in [0.4, 0.5) is 0 Å². The van der Waals surface area contributed by atoms with Gasteiger partial charge in [0.1, 0.15) is 0 Å².